The number of carbonyl (C=O) groups excluding carboxylic acids is 1. The molecule has 1 amide bonds. The van der Waals surface area contributed by atoms with Crippen LogP contribution < -0.4 is 10.6 Å². The Morgan fingerprint density at radius 2 is 2.10 bits per heavy atom. The summed E-state index contributed by atoms with van der Waals surface area (Å²) in [6.07, 6.45) is 4.92. The van der Waals surface area contributed by atoms with Gasteiger partial charge in [0.15, 0.2) is 5.96 Å². The fourth-order valence-corrected chi connectivity index (χ4v) is 4.51. The van der Waals surface area contributed by atoms with E-state index >= 15 is 0 Å². The molecule has 0 spiro atoms. The number of aliphatic imine (C=N–C) groups is 1. The molecule has 0 bridgehead atoms. The third kappa shape index (κ3) is 7.40. The molecular weight excluding hydrogens is 410 g/mol. The van der Waals surface area contributed by atoms with Crippen molar-refractivity contribution in [3.63, 3.8) is 0 Å². The lowest BCUT2D eigenvalue weighted by Crippen LogP contribution is -2.45. The number of nitrogens with zero attached hydrogens (tertiary/aromatic N) is 3. The van der Waals surface area contributed by atoms with E-state index in [-0.39, 0.29) is 12.5 Å². The van der Waals surface area contributed by atoms with Gasteiger partial charge in [0.2, 0.25) is 5.91 Å². The molecule has 1 atom stereocenters. The molecule has 2 aromatic heterocycles. The Bertz CT molecular complexity index is 796. The van der Waals surface area contributed by atoms with E-state index in [0.29, 0.717) is 18.5 Å². The fraction of sp³-hybridized carbons (Fsp3) is 0.565. The van der Waals surface area contributed by atoms with Crippen molar-refractivity contribution in [3.05, 3.63) is 46.5 Å². The number of thiophene rings is 1. The van der Waals surface area contributed by atoms with Gasteiger partial charge in [-0.25, -0.2) is 4.99 Å². The van der Waals surface area contributed by atoms with Gasteiger partial charge in [0, 0.05) is 38.5 Å². The highest BCUT2D eigenvalue weighted by Crippen LogP contribution is 2.29. The van der Waals surface area contributed by atoms with Crippen LogP contribution in [0.3, 0.4) is 0 Å². The van der Waals surface area contributed by atoms with Crippen LogP contribution in [0.25, 0.3) is 0 Å². The molecule has 1 fully saturated rings. The Morgan fingerprint density at radius 3 is 2.74 bits per heavy atom. The number of hydrogen-bond donors (Lipinski definition) is 2. The van der Waals surface area contributed by atoms with E-state index in [4.69, 9.17) is 4.42 Å². The first-order valence-corrected chi connectivity index (χ1v) is 11.9. The largest absolute Gasteiger partial charge is 0.469 e. The number of piperidine rings is 1. The fourth-order valence-electron chi connectivity index (χ4n) is 3.65. The van der Waals surface area contributed by atoms with Gasteiger partial charge in [0.1, 0.15) is 12.3 Å². The zero-order valence-electron chi connectivity index (χ0n) is 18.8. The number of carbonyl (C=O) groups is 1. The van der Waals surface area contributed by atoms with E-state index in [0.717, 1.165) is 37.7 Å². The van der Waals surface area contributed by atoms with Crippen molar-refractivity contribution in [2.75, 3.05) is 46.8 Å². The summed E-state index contributed by atoms with van der Waals surface area (Å²) in [5, 5.41) is 8.99. The summed E-state index contributed by atoms with van der Waals surface area (Å²) < 4.78 is 5.41. The van der Waals surface area contributed by atoms with Crippen molar-refractivity contribution in [1.82, 2.24) is 20.4 Å². The molecule has 31 heavy (non-hydrogen) atoms. The molecule has 1 aliphatic rings. The Balaban J connectivity index is 1.63. The maximum absolute atomic E-state index is 12.1. The van der Waals surface area contributed by atoms with Gasteiger partial charge in [-0.1, -0.05) is 13.0 Å². The number of nitrogens with one attached hydrogen (secondary N) is 2. The minimum absolute atomic E-state index is 0.0213. The monoisotopic (exact) mass is 445 g/mol. The van der Waals surface area contributed by atoms with Crippen molar-refractivity contribution < 1.29 is 9.21 Å². The zero-order chi connectivity index (χ0) is 22.1. The highest BCUT2D eigenvalue weighted by Gasteiger charge is 2.25. The van der Waals surface area contributed by atoms with Gasteiger partial charge in [-0.05, 0) is 55.4 Å². The number of hydrogen-bond acceptors (Lipinski definition) is 5. The molecule has 3 heterocycles. The van der Waals surface area contributed by atoms with Crippen molar-refractivity contribution in [2.24, 2.45) is 10.9 Å². The SMILES string of the molecule is CC1CCN(C(CNC(=NCC(=O)N(C)C)NCCc2ccco2)c2cccs2)CC1. The van der Waals surface area contributed by atoms with E-state index in [2.05, 4.69) is 45.0 Å². The van der Waals surface area contributed by atoms with Gasteiger partial charge < -0.3 is 20.0 Å². The second-order valence-electron chi connectivity index (χ2n) is 8.34. The van der Waals surface area contributed by atoms with Crippen LogP contribution in [-0.4, -0.2) is 68.5 Å². The molecular formula is C23H35N5O2S. The average Bonchev–Trinajstić information content (AvgIpc) is 3.47. The molecule has 1 aliphatic heterocycles. The summed E-state index contributed by atoms with van der Waals surface area (Å²) >= 11 is 1.80. The molecule has 0 saturated carbocycles. The van der Waals surface area contributed by atoms with Crippen LogP contribution in [0.1, 0.15) is 36.4 Å². The van der Waals surface area contributed by atoms with Crippen LogP contribution in [0.2, 0.25) is 0 Å². The topological polar surface area (TPSA) is 73.1 Å². The van der Waals surface area contributed by atoms with E-state index in [1.54, 1.807) is 36.6 Å². The van der Waals surface area contributed by atoms with Gasteiger partial charge in [0.05, 0.1) is 12.3 Å². The summed E-state index contributed by atoms with van der Waals surface area (Å²) in [5.41, 5.74) is 0. The summed E-state index contributed by atoms with van der Waals surface area (Å²) in [4.78, 5) is 22.1. The first-order chi connectivity index (χ1) is 15.0. The molecule has 1 saturated heterocycles. The molecule has 2 aromatic rings. The predicted octanol–water partition coefficient (Wildman–Crippen LogP) is 2.98. The maximum atomic E-state index is 12.1. The second kappa shape index (κ2) is 11.9. The van der Waals surface area contributed by atoms with Crippen LogP contribution >= 0.6 is 11.3 Å². The third-order valence-corrected chi connectivity index (χ3v) is 6.68. The molecule has 0 aliphatic carbocycles. The lowest BCUT2D eigenvalue weighted by atomic mass is 9.97. The van der Waals surface area contributed by atoms with Crippen LogP contribution in [0.15, 0.2) is 45.3 Å². The molecule has 0 radical (unpaired) electrons. The minimum Gasteiger partial charge on any atom is -0.469 e. The van der Waals surface area contributed by atoms with Crippen LogP contribution in [-0.2, 0) is 11.2 Å². The summed E-state index contributed by atoms with van der Waals surface area (Å²) in [6, 6.07) is 8.49. The Kier molecular flexibility index (Phi) is 8.97. The molecule has 170 valence electrons. The smallest absolute Gasteiger partial charge is 0.243 e. The summed E-state index contributed by atoms with van der Waals surface area (Å²) in [6.45, 7) is 6.11. The predicted molar refractivity (Wildman–Crippen MR) is 126 cm³/mol. The van der Waals surface area contributed by atoms with Crippen LogP contribution in [0.4, 0.5) is 0 Å². The van der Waals surface area contributed by atoms with Gasteiger partial charge in [-0.15, -0.1) is 11.3 Å². The minimum atomic E-state index is -0.0213. The number of amides is 1. The van der Waals surface area contributed by atoms with Crippen molar-refractivity contribution in [2.45, 2.75) is 32.2 Å². The highest BCUT2D eigenvalue weighted by molar-refractivity contribution is 7.10. The Labute approximate surface area is 189 Å². The van der Waals surface area contributed by atoms with Crippen LogP contribution in [0, 0.1) is 5.92 Å². The zero-order valence-corrected chi connectivity index (χ0v) is 19.7. The number of likely N-dealkylation sites (tertiary alicyclic amines) is 1. The molecule has 7 nitrogen and oxygen atoms in total. The first-order valence-electron chi connectivity index (χ1n) is 11.0. The van der Waals surface area contributed by atoms with Gasteiger partial charge in [0.25, 0.3) is 0 Å². The number of guanidine groups is 1. The van der Waals surface area contributed by atoms with Crippen molar-refractivity contribution >= 4 is 23.2 Å². The molecule has 2 N–H and O–H groups in total. The lowest BCUT2D eigenvalue weighted by molar-refractivity contribution is -0.127. The Morgan fingerprint density at radius 1 is 1.29 bits per heavy atom. The van der Waals surface area contributed by atoms with Gasteiger partial charge >= 0.3 is 0 Å². The van der Waals surface area contributed by atoms with E-state index < -0.39 is 0 Å². The van der Waals surface area contributed by atoms with Crippen LogP contribution in [0.5, 0.6) is 0 Å². The van der Waals surface area contributed by atoms with E-state index in [1.807, 2.05) is 12.1 Å². The maximum Gasteiger partial charge on any atom is 0.243 e. The van der Waals surface area contributed by atoms with E-state index in [9.17, 15) is 4.79 Å². The molecule has 1 unspecified atom stereocenters. The lowest BCUT2D eigenvalue weighted by Gasteiger charge is -2.36. The molecule has 8 heteroatoms. The van der Waals surface area contributed by atoms with Crippen molar-refractivity contribution in [1.29, 1.82) is 0 Å². The molecule has 0 aromatic carbocycles. The first kappa shape index (κ1) is 23.3. The number of rotatable bonds is 9. The number of furan rings is 1. The Hall–Kier alpha value is -2.32. The third-order valence-electron chi connectivity index (χ3n) is 5.71. The number of likely N-dealkylation sites (N-methyl/N-ethyl adjacent to an activating group) is 1. The quantitative estimate of drug-likeness (QED) is 0.459. The van der Waals surface area contributed by atoms with Gasteiger partial charge in [-0.3, -0.25) is 9.69 Å². The normalized spacial score (nSPS) is 16.8. The van der Waals surface area contributed by atoms with Crippen molar-refractivity contribution in [3.8, 4) is 0 Å². The standard InChI is InChI=1S/C23H35N5O2S/c1-18-9-12-28(13-10-18)20(21-7-5-15-31-21)16-25-23(26-17-22(29)27(2)3)24-11-8-19-6-4-14-30-19/h4-7,14-15,18,20H,8-13,16-17H2,1-3H3,(H2,24,25,26). The summed E-state index contributed by atoms with van der Waals surface area (Å²) in [7, 11) is 3.50. The van der Waals surface area contributed by atoms with E-state index in [1.165, 1.54) is 17.7 Å². The summed E-state index contributed by atoms with van der Waals surface area (Å²) in [5.74, 6) is 2.36. The highest BCUT2D eigenvalue weighted by atomic mass is 32.1. The average molecular weight is 446 g/mol. The van der Waals surface area contributed by atoms with Gasteiger partial charge in [-0.2, -0.15) is 0 Å². The second-order valence-corrected chi connectivity index (χ2v) is 9.32. The molecule has 3 rings (SSSR count).